The van der Waals surface area contributed by atoms with Crippen LogP contribution in [0.2, 0.25) is 0 Å². The molecule has 0 rings (SSSR count). The average molecular weight is 260 g/mol. The molecule has 0 aromatic heterocycles. The van der Waals surface area contributed by atoms with Gasteiger partial charge in [0.15, 0.2) is 0 Å². The minimum Gasteiger partial charge on any atom is -0.481 e. The first-order valence-corrected chi connectivity index (χ1v) is 4.41. The van der Waals surface area contributed by atoms with Crippen LogP contribution in [0.15, 0.2) is 24.3 Å². The Balaban J connectivity index is 0. The number of hydrogen-bond acceptors (Lipinski definition) is 4. The molecule has 0 fully saturated rings. The highest BCUT2D eigenvalue weighted by Crippen LogP contribution is 1.95. The van der Waals surface area contributed by atoms with Crippen LogP contribution < -0.4 is 0 Å². The van der Waals surface area contributed by atoms with E-state index in [4.69, 9.17) is 20.4 Å². The molecule has 0 spiro atoms. The van der Waals surface area contributed by atoms with Crippen molar-refractivity contribution in [2.75, 3.05) is 0 Å². The second kappa shape index (κ2) is 9.58. The second-order valence-corrected chi connectivity index (χ2v) is 2.82. The molecule has 0 aliphatic rings. The van der Waals surface area contributed by atoms with Gasteiger partial charge in [-0.1, -0.05) is 12.7 Å². The van der Waals surface area contributed by atoms with E-state index in [-0.39, 0.29) is 12.0 Å². The molecule has 8 heteroatoms. The second-order valence-electron chi connectivity index (χ2n) is 2.82. The SMILES string of the molecule is C=C(CC(=O)O)C(=O)O.O=C(O)C=CCC(=O)O. The molecule has 0 aromatic carbocycles. The van der Waals surface area contributed by atoms with Gasteiger partial charge in [-0.15, -0.1) is 0 Å². The van der Waals surface area contributed by atoms with Crippen LogP contribution in [-0.2, 0) is 19.2 Å². The zero-order valence-corrected chi connectivity index (χ0v) is 9.20. The Morgan fingerprint density at radius 3 is 1.67 bits per heavy atom. The molecule has 0 atom stereocenters. The van der Waals surface area contributed by atoms with Crippen molar-refractivity contribution in [3.63, 3.8) is 0 Å². The van der Waals surface area contributed by atoms with E-state index in [9.17, 15) is 19.2 Å². The van der Waals surface area contributed by atoms with E-state index in [1.807, 2.05) is 0 Å². The van der Waals surface area contributed by atoms with Crippen LogP contribution in [-0.4, -0.2) is 44.3 Å². The molecule has 0 amide bonds. The molecule has 0 aliphatic heterocycles. The summed E-state index contributed by atoms with van der Waals surface area (Å²) in [6, 6.07) is 0. The van der Waals surface area contributed by atoms with Crippen molar-refractivity contribution >= 4 is 23.9 Å². The topological polar surface area (TPSA) is 149 Å². The highest BCUT2D eigenvalue weighted by molar-refractivity contribution is 5.91. The molecular formula is C10H12O8. The fraction of sp³-hybridized carbons (Fsp3) is 0.200. The zero-order chi connectivity index (χ0) is 14.7. The molecule has 100 valence electrons. The molecule has 18 heavy (non-hydrogen) atoms. The maximum atomic E-state index is 9.87. The van der Waals surface area contributed by atoms with Gasteiger partial charge in [-0.05, 0) is 0 Å². The summed E-state index contributed by atoms with van der Waals surface area (Å²) in [5, 5.41) is 32.0. The molecule has 0 saturated carbocycles. The van der Waals surface area contributed by atoms with Crippen molar-refractivity contribution in [1.29, 1.82) is 0 Å². The average Bonchev–Trinajstić information content (AvgIpc) is 2.15. The smallest absolute Gasteiger partial charge is 0.331 e. The summed E-state index contributed by atoms with van der Waals surface area (Å²) in [4.78, 5) is 39.1. The summed E-state index contributed by atoms with van der Waals surface area (Å²) < 4.78 is 0. The van der Waals surface area contributed by atoms with Gasteiger partial charge in [0.25, 0.3) is 0 Å². The molecule has 0 saturated heterocycles. The van der Waals surface area contributed by atoms with E-state index in [1.54, 1.807) is 0 Å². The number of carbonyl (C=O) groups is 4. The first-order valence-electron chi connectivity index (χ1n) is 4.41. The fourth-order valence-electron chi connectivity index (χ4n) is 0.519. The van der Waals surface area contributed by atoms with E-state index in [2.05, 4.69) is 6.58 Å². The lowest BCUT2D eigenvalue weighted by Gasteiger charge is -1.91. The number of hydrogen-bond donors (Lipinski definition) is 4. The van der Waals surface area contributed by atoms with Crippen molar-refractivity contribution in [3.05, 3.63) is 24.3 Å². The zero-order valence-electron chi connectivity index (χ0n) is 9.20. The standard InChI is InChI=1S/2C5H6O4/c1-3(5(8)9)2-4(6)7;6-4(7)2-1-3-5(8)9/h1-2H2,(H,6,7)(H,8,9);1-2H,3H2,(H,6,7)(H,8,9). The van der Waals surface area contributed by atoms with Gasteiger partial charge in [-0.3, -0.25) is 9.59 Å². The lowest BCUT2D eigenvalue weighted by atomic mass is 10.2. The fourth-order valence-corrected chi connectivity index (χ4v) is 0.519. The van der Waals surface area contributed by atoms with Crippen LogP contribution in [0, 0.1) is 0 Å². The van der Waals surface area contributed by atoms with Crippen molar-refractivity contribution < 1.29 is 39.6 Å². The predicted molar refractivity (Wildman–Crippen MR) is 58.1 cm³/mol. The van der Waals surface area contributed by atoms with Crippen LogP contribution >= 0.6 is 0 Å². The van der Waals surface area contributed by atoms with Crippen LogP contribution in [0.25, 0.3) is 0 Å². The Hall–Kier alpha value is -2.64. The number of carboxylic acid groups (broad SMARTS) is 4. The summed E-state index contributed by atoms with van der Waals surface area (Å²) in [5.41, 5.74) is -0.303. The van der Waals surface area contributed by atoms with E-state index >= 15 is 0 Å². The predicted octanol–water partition coefficient (Wildman–Crippen LogP) is 0.204. The summed E-state index contributed by atoms with van der Waals surface area (Å²) >= 11 is 0. The van der Waals surface area contributed by atoms with Crippen molar-refractivity contribution in [2.24, 2.45) is 0 Å². The monoisotopic (exact) mass is 260 g/mol. The lowest BCUT2D eigenvalue weighted by Crippen LogP contribution is -2.04. The minimum atomic E-state index is -1.27. The van der Waals surface area contributed by atoms with Crippen LogP contribution in [0.1, 0.15) is 12.8 Å². The Kier molecular flexibility index (Phi) is 9.44. The largest absolute Gasteiger partial charge is 0.481 e. The van der Waals surface area contributed by atoms with Crippen LogP contribution in [0.4, 0.5) is 0 Å². The van der Waals surface area contributed by atoms with Crippen molar-refractivity contribution in [3.8, 4) is 0 Å². The third kappa shape index (κ3) is 15.8. The molecule has 8 nitrogen and oxygen atoms in total. The van der Waals surface area contributed by atoms with Gasteiger partial charge in [0.1, 0.15) is 0 Å². The van der Waals surface area contributed by atoms with Crippen molar-refractivity contribution in [2.45, 2.75) is 12.8 Å². The van der Waals surface area contributed by atoms with Gasteiger partial charge in [-0.2, -0.15) is 0 Å². The van der Waals surface area contributed by atoms with E-state index in [0.29, 0.717) is 0 Å². The third-order valence-electron chi connectivity index (χ3n) is 1.22. The summed E-state index contributed by atoms with van der Waals surface area (Å²) in [6.07, 6.45) is 1.13. The third-order valence-corrected chi connectivity index (χ3v) is 1.22. The maximum Gasteiger partial charge on any atom is 0.331 e. The molecule has 0 radical (unpaired) electrons. The van der Waals surface area contributed by atoms with Gasteiger partial charge < -0.3 is 20.4 Å². The summed E-state index contributed by atoms with van der Waals surface area (Å²) in [5.74, 6) is -4.61. The Labute approximate surface area is 101 Å². The maximum absolute atomic E-state index is 9.87. The Morgan fingerprint density at radius 2 is 1.44 bits per heavy atom. The van der Waals surface area contributed by atoms with Gasteiger partial charge >= 0.3 is 23.9 Å². The van der Waals surface area contributed by atoms with Crippen LogP contribution in [0.3, 0.4) is 0 Å². The molecule has 0 bridgehead atoms. The van der Waals surface area contributed by atoms with E-state index in [0.717, 1.165) is 12.2 Å². The first kappa shape index (κ1) is 17.7. The molecule has 4 N–H and O–H groups in total. The minimum absolute atomic E-state index is 0.244. The molecular weight excluding hydrogens is 248 g/mol. The van der Waals surface area contributed by atoms with Gasteiger partial charge in [-0.25, -0.2) is 9.59 Å². The first-order chi connectivity index (χ1) is 8.16. The lowest BCUT2D eigenvalue weighted by molar-refractivity contribution is -0.139. The molecule has 0 aromatic rings. The molecule has 0 unspecified atom stereocenters. The van der Waals surface area contributed by atoms with Crippen molar-refractivity contribution in [1.82, 2.24) is 0 Å². The van der Waals surface area contributed by atoms with E-state index in [1.165, 1.54) is 0 Å². The van der Waals surface area contributed by atoms with Gasteiger partial charge in [0.2, 0.25) is 0 Å². The number of carboxylic acids is 4. The van der Waals surface area contributed by atoms with Gasteiger partial charge in [0.05, 0.1) is 12.8 Å². The van der Waals surface area contributed by atoms with Gasteiger partial charge in [0, 0.05) is 11.6 Å². The highest BCUT2D eigenvalue weighted by atomic mass is 16.4. The van der Waals surface area contributed by atoms with Crippen LogP contribution in [0.5, 0.6) is 0 Å². The molecule has 0 heterocycles. The normalized spacial score (nSPS) is 9.11. The summed E-state index contributed by atoms with van der Waals surface area (Å²) in [7, 11) is 0. The molecule has 0 aliphatic carbocycles. The van der Waals surface area contributed by atoms with E-state index < -0.39 is 30.3 Å². The Bertz CT molecular complexity index is 379. The highest BCUT2D eigenvalue weighted by Gasteiger charge is 2.07. The Morgan fingerprint density at radius 1 is 0.944 bits per heavy atom. The summed E-state index contributed by atoms with van der Waals surface area (Å²) in [6.45, 7) is 3.01. The number of rotatable bonds is 6. The number of aliphatic carboxylic acids is 4. The quantitative estimate of drug-likeness (QED) is 0.495.